The molecule has 0 saturated carbocycles. The molecule has 110 valence electrons. The zero-order valence-corrected chi connectivity index (χ0v) is 12.4. The molecule has 0 aliphatic heterocycles. The van der Waals surface area contributed by atoms with Crippen molar-refractivity contribution in [2.24, 2.45) is 0 Å². The van der Waals surface area contributed by atoms with E-state index in [4.69, 9.17) is 11.6 Å². The van der Waals surface area contributed by atoms with E-state index in [9.17, 15) is 9.18 Å². The summed E-state index contributed by atoms with van der Waals surface area (Å²) >= 11 is 5.73. The highest BCUT2D eigenvalue weighted by Gasteiger charge is 2.07. The van der Waals surface area contributed by atoms with Crippen LogP contribution in [0.15, 0.2) is 42.5 Å². The summed E-state index contributed by atoms with van der Waals surface area (Å²) in [4.78, 5) is 11.5. The SMILES string of the molecule is CNC(=O)Cc1ccccc1NCc1ccc(Cl)cc1F. The third-order valence-corrected chi connectivity index (χ3v) is 3.37. The Morgan fingerprint density at radius 1 is 1.19 bits per heavy atom. The number of anilines is 1. The summed E-state index contributed by atoms with van der Waals surface area (Å²) in [6.07, 6.45) is 0.281. The summed E-state index contributed by atoms with van der Waals surface area (Å²) in [5.41, 5.74) is 2.20. The van der Waals surface area contributed by atoms with Gasteiger partial charge in [-0.3, -0.25) is 4.79 Å². The van der Waals surface area contributed by atoms with Crippen LogP contribution < -0.4 is 10.6 Å². The maximum absolute atomic E-state index is 13.7. The first-order valence-electron chi connectivity index (χ1n) is 6.56. The van der Waals surface area contributed by atoms with Crippen LogP contribution in [0, 0.1) is 5.82 Å². The Morgan fingerprint density at radius 3 is 2.67 bits per heavy atom. The predicted octanol–water partition coefficient (Wildman–Crippen LogP) is 3.38. The predicted molar refractivity (Wildman–Crippen MR) is 82.9 cm³/mol. The smallest absolute Gasteiger partial charge is 0.224 e. The molecule has 2 rings (SSSR count). The maximum atomic E-state index is 13.7. The molecule has 5 heteroatoms. The number of amides is 1. The summed E-state index contributed by atoms with van der Waals surface area (Å²) in [6, 6.07) is 12.1. The van der Waals surface area contributed by atoms with Gasteiger partial charge in [0.05, 0.1) is 6.42 Å². The van der Waals surface area contributed by atoms with Gasteiger partial charge in [-0.15, -0.1) is 0 Å². The van der Waals surface area contributed by atoms with Crippen LogP contribution in [0.4, 0.5) is 10.1 Å². The Labute approximate surface area is 128 Å². The Kier molecular flexibility index (Phi) is 5.17. The van der Waals surface area contributed by atoms with Crippen LogP contribution in [0.25, 0.3) is 0 Å². The lowest BCUT2D eigenvalue weighted by molar-refractivity contribution is -0.119. The van der Waals surface area contributed by atoms with E-state index in [0.29, 0.717) is 17.1 Å². The third kappa shape index (κ3) is 4.20. The highest BCUT2D eigenvalue weighted by Crippen LogP contribution is 2.19. The average molecular weight is 307 g/mol. The second kappa shape index (κ2) is 7.09. The normalized spacial score (nSPS) is 10.2. The fourth-order valence-electron chi connectivity index (χ4n) is 1.96. The molecule has 0 bridgehead atoms. The van der Waals surface area contributed by atoms with Crippen molar-refractivity contribution >= 4 is 23.2 Å². The van der Waals surface area contributed by atoms with Gasteiger partial charge in [-0.05, 0) is 23.8 Å². The van der Waals surface area contributed by atoms with Crippen LogP contribution in [0.5, 0.6) is 0 Å². The second-order valence-corrected chi connectivity index (χ2v) is 5.03. The average Bonchev–Trinajstić information content (AvgIpc) is 2.47. The minimum absolute atomic E-state index is 0.0677. The Morgan fingerprint density at radius 2 is 1.95 bits per heavy atom. The first-order chi connectivity index (χ1) is 10.1. The van der Waals surface area contributed by atoms with Crippen molar-refractivity contribution in [2.45, 2.75) is 13.0 Å². The van der Waals surface area contributed by atoms with Gasteiger partial charge < -0.3 is 10.6 Å². The molecule has 0 fully saturated rings. The van der Waals surface area contributed by atoms with Crippen LogP contribution in [0.1, 0.15) is 11.1 Å². The number of hydrogen-bond acceptors (Lipinski definition) is 2. The topological polar surface area (TPSA) is 41.1 Å². The number of hydrogen-bond donors (Lipinski definition) is 2. The van der Waals surface area contributed by atoms with Gasteiger partial charge in [0, 0.05) is 29.9 Å². The van der Waals surface area contributed by atoms with E-state index < -0.39 is 0 Å². The molecule has 0 aliphatic rings. The van der Waals surface area contributed by atoms with E-state index in [-0.39, 0.29) is 18.1 Å². The van der Waals surface area contributed by atoms with Gasteiger partial charge in [0.25, 0.3) is 0 Å². The summed E-state index contributed by atoms with van der Waals surface area (Å²) in [5, 5.41) is 6.12. The fraction of sp³-hybridized carbons (Fsp3) is 0.188. The first-order valence-corrected chi connectivity index (χ1v) is 6.94. The molecule has 0 spiro atoms. The molecule has 21 heavy (non-hydrogen) atoms. The molecule has 0 saturated heterocycles. The number of carbonyl (C=O) groups excluding carboxylic acids is 1. The molecule has 2 aromatic rings. The van der Waals surface area contributed by atoms with Crippen molar-refractivity contribution in [1.29, 1.82) is 0 Å². The van der Waals surface area contributed by atoms with E-state index in [0.717, 1.165) is 11.3 Å². The molecular formula is C16H16ClFN2O. The molecule has 3 nitrogen and oxygen atoms in total. The van der Waals surface area contributed by atoms with E-state index in [2.05, 4.69) is 10.6 Å². The Balaban J connectivity index is 2.11. The van der Waals surface area contributed by atoms with Crippen molar-refractivity contribution in [2.75, 3.05) is 12.4 Å². The Bertz CT molecular complexity index is 646. The lowest BCUT2D eigenvalue weighted by Gasteiger charge is -2.12. The van der Waals surface area contributed by atoms with Crippen molar-refractivity contribution in [3.05, 3.63) is 64.4 Å². The number of carbonyl (C=O) groups is 1. The van der Waals surface area contributed by atoms with Crippen LogP contribution in [-0.2, 0) is 17.8 Å². The maximum Gasteiger partial charge on any atom is 0.224 e. The molecule has 0 radical (unpaired) electrons. The number of nitrogens with one attached hydrogen (secondary N) is 2. The number of halogens is 2. The number of likely N-dealkylation sites (N-methyl/N-ethyl adjacent to an activating group) is 1. The summed E-state index contributed by atoms with van der Waals surface area (Å²) in [5.74, 6) is -0.416. The lowest BCUT2D eigenvalue weighted by Crippen LogP contribution is -2.20. The van der Waals surface area contributed by atoms with Gasteiger partial charge in [0.2, 0.25) is 5.91 Å². The molecule has 0 aliphatic carbocycles. The van der Waals surface area contributed by atoms with Crippen LogP contribution in [0.3, 0.4) is 0 Å². The summed E-state index contributed by atoms with van der Waals surface area (Å²) in [6.45, 7) is 0.327. The van der Waals surface area contributed by atoms with Gasteiger partial charge in [-0.1, -0.05) is 35.9 Å². The summed E-state index contributed by atoms with van der Waals surface area (Å²) < 4.78 is 13.7. The zero-order chi connectivity index (χ0) is 15.2. The molecular weight excluding hydrogens is 291 g/mol. The molecule has 0 atom stereocenters. The van der Waals surface area contributed by atoms with E-state index >= 15 is 0 Å². The number of para-hydroxylation sites is 1. The van der Waals surface area contributed by atoms with E-state index in [1.54, 1.807) is 19.2 Å². The molecule has 0 heterocycles. The molecule has 0 aromatic heterocycles. The van der Waals surface area contributed by atoms with E-state index in [1.165, 1.54) is 6.07 Å². The zero-order valence-electron chi connectivity index (χ0n) is 11.6. The number of benzene rings is 2. The molecule has 2 N–H and O–H groups in total. The third-order valence-electron chi connectivity index (χ3n) is 3.13. The first kappa shape index (κ1) is 15.3. The van der Waals surface area contributed by atoms with Crippen molar-refractivity contribution in [1.82, 2.24) is 5.32 Å². The molecule has 2 aromatic carbocycles. The summed E-state index contributed by atoms with van der Waals surface area (Å²) in [7, 11) is 1.60. The van der Waals surface area contributed by atoms with Crippen molar-refractivity contribution in [3.63, 3.8) is 0 Å². The van der Waals surface area contributed by atoms with Gasteiger partial charge >= 0.3 is 0 Å². The monoisotopic (exact) mass is 306 g/mol. The van der Waals surface area contributed by atoms with Crippen molar-refractivity contribution < 1.29 is 9.18 Å². The van der Waals surface area contributed by atoms with Gasteiger partial charge in [0.15, 0.2) is 0 Å². The van der Waals surface area contributed by atoms with Gasteiger partial charge in [-0.2, -0.15) is 0 Å². The number of rotatable bonds is 5. The second-order valence-electron chi connectivity index (χ2n) is 4.60. The van der Waals surface area contributed by atoms with Gasteiger partial charge in [-0.25, -0.2) is 4.39 Å². The van der Waals surface area contributed by atoms with Crippen molar-refractivity contribution in [3.8, 4) is 0 Å². The highest BCUT2D eigenvalue weighted by atomic mass is 35.5. The minimum atomic E-state index is -0.348. The standard InChI is InChI=1S/C16H16ClFN2O/c1-19-16(21)8-11-4-2-3-5-15(11)20-10-12-6-7-13(17)9-14(12)18/h2-7,9,20H,8,10H2,1H3,(H,19,21). The fourth-order valence-corrected chi connectivity index (χ4v) is 2.12. The largest absolute Gasteiger partial charge is 0.381 e. The van der Waals surface area contributed by atoms with Gasteiger partial charge in [0.1, 0.15) is 5.82 Å². The molecule has 0 unspecified atom stereocenters. The highest BCUT2D eigenvalue weighted by molar-refractivity contribution is 6.30. The van der Waals surface area contributed by atoms with Crippen LogP contribution in [0.2, 0.25) is 5.02 Å². The van der Waals surface area contributed by atoms with E-state index in [1.807, 2.05) is 24.3 Å². The van der Waals surface area contributed by atoms with Crippen LogP contribution >= 0.6 is 11.6 Å². The Hall–Kier alpha value is -2.07. The molecule has 1 amide bonds. The minimum Gasteiger partial charge on any atom is -0.381 e. The quantitative estimate of drug-likeness (QED) is 0.889. The van der Waals surface area contributed by atoms with Crippen LogP contribution in [-0.4, -0.2) is 13.0 Å². The lowest BCUT2D eigenvalue weighted by atomic mass is 10.1.